The van der Waals surface area contributed by atoms with Crippen LogP contribution in [0, 0.1) is 18.8 Å². The molecule has 27 heavy (non-hydrogen) atoms. The number of piperidine rings is 1. The number of likely N-dealkylation sites (tertiary alicyclic amines) is 1. The maximum Gasteiger partial charge on any atom is 0.235 e. The lowest BCUT2D eigenvalue weighted by molar-refractivity contribution is -0.132. The molecule has 0 aliphatic carbocycles. The highest BCUT2D eigenvalue weighted by atomic mass is 32.2. The second kappa shape index (κ2) is 8.29. The van der Waals surface area contributed by atoms with Gasteiger partial charge in [0.05, 0.1) is 12.4 Å². The maximum absolute atomic E-state index is 12.9. The number of hydrogen-bond acceptors (Lipinski definition) is 6. The minimum Gasteiger partial charge on any atom is -0.494 e. The molecule has 0 N–H and O–H groups in total. The number of rotatable bonds is 5. The van der Waals surface area contributed by atoms with E-state index in [2.05, 4.69) is 29.4 Å². The predicted octanol–water partition coefficient (Wildman–Crippen LogP) is 2.96. The number of ether oxygens (including phenoxy) is 1. The van der Waals surface area contributed by atoms with E-state index in [-0.39, 0.29) is 11.2 Å². The standard InChI is InChI=1S/C19H27N5O2S/c1-12-6-7-17(26-5)16(9-12)24-19(20-21-22-24)27-15(4)18(25)23-10-13(2)8-14(3)11-23/h6-7,9,13-15H,8,10-11H2,1-5H3/t13-,14+,15-/m0/s1. The zero-order valence-electron chi connectivity index (χ0n) is 16.5. The van der Waals surface area contributed by atoms with Gasteiger partial charge in [-0.2, -0.15) is 4.68 Å². The third-order valence-electron chi connectivity index (χ3n) is 4.81. The summed E-state index contributed by atoms with van der Waals surface area (Å²) in [5.74, 6) is 1.91. The van der Waals surface area contributed by atoms with Gasteiger partial charge in [0.15, 0.2) is 0 Å². The molecule has 1 aliphatic rings. The van der Waals surface area contributed by atoms with Gasteiger partial charge in [0.2, 0.25) is 11.1 Å². The topological polar surface area (TPSA) is 73.1 Å². The van der Waals surface area contributed by atoms with Crippen LogP contribution in [0.1, 0.15) is 32.8 Å². The Bertz CT molecular complexity index is 799. The van der Waals surface area contributed by atoms with Gasteiger partial charge in [0, 0.05) is 13.1 Å². The Kier molecular flexibility index (Phi) is 6.04. The summed E-state index contributed by atoms with van der Waals surface area (Å²) in [5.41, 5.74) is 1.85. The van der Waals surface area contributed by atoms with Gasteiger partial charge in [-0.05, 0) is 60.2 Å². The van der Waals surface area contributed by atoms with Gasteiger partial charge >= 0.3 is 0 Å². The fourth-order valence-corrected chi connectivity index (χ4v) is 4.56. The third-order valence-corrected chi connectivity index (χ3v) is 5.83. The molecule has 7 nitrogen and oxygen atoms in total. The van der Waals surface area contributed by atoms with Crippen LogP contribution in [0.5, 0.6) is 5.75 Å². The van der Waals surface area contributed by atoms with Gasteiger partial charge in [0.1, 0.15) is 11.4 Å². The second-order valence-corrected chi connectivity index (χ2v) is 8.81. The number of tetrazole rings is 1. The first-order valence-corrected chi connectivity index (χ1v) is 10.2. The monoisotopic (exact) mass is 389 g/mol. The molecule has 3 rings (SSSR count). The summed E-state index contributed by atoms with van der Waals surface area (Å²) >= 11 is 1.38. The lowest BCUT2D eigenvalue weighted by Crippen LogP contribution is -2.45. The Morgan fingerprint density at radius 1 is 1.30 bits per heavy atom. The summed E-state index contributed by atoms with van der Waals surface area (Å²) in [4.78, 5) is 14.9. The molecule has 1 amide bonds. The van der Waals surface area contributed by atoms with Gasteiger partial charge in [-0.25, -0.2) is 0 Å². The van der Waals surface area contributed by atoms with Crippen molar-refractivity contribution in [2.45, 2.75) is 44.5 Å². The van der Waals surface area contributed by atoms with Crippen molar-refractivity contribution in [1.29, 1.82) is 0 Å². The van der Waals surface area contributed by atoms with E-state index in [1.54, 1.807) is 11.8 Å². The Morgan fingerprint density at radius 3 is 2.67 bits per heavy atom. The van der Waals surface area contributed by atoms with E-state index in [1.165, 1.54) is 18.2 Å². The van der Waals surface area contributed by atoms with E-state index < -0.39 is 0 Å². The molecule has 1 fully saturated rings. The van der Waals surface area contributed by atoms with E-state index in [0.29, 0.717) is 22.7 Å². The van der Waals surface area contributed by atoms with Crippen LogP contribution in [0.25, 0.3) is 5.69 Å². The summed E-state index contributed by atoms with van der Waals surface area (Å²) in [6, 6.07) is 5.84. The average molecular weight is 390 g/mol. The van der Waals surface area contributed by atoms with Crippen LogP contribution >= 0.6 is 11.8 Å². The van der Waals surface area contributed by atoms with E-state index >= 15 is 0 Å². The molecule has 0 radical (unpaired) electrons. The maximum atomic E-state index is 12.9. The number of carbonyl (C=O) groups is 1. The molecule has 0 spiro atoms. The average Bonchev–Trinajstić information content (AvgIpc) is 3.08. The molecule has 146 valence electrons. The summed E-state index contributed by atoms with van der Waals surface area (Å²) < 4.78 is 7.09. The van der Waals surface area contributed by atoms with Crippen molar-refractivity contribution in [3.63, 3.8) is 0 Å². The van der Waals surface area contributed by atoms with Gasteiger partial charge in [-0.15, -0.1) is 5.10 Å². The van der Waals surface area contributed by atoms with Crippen molar-refractivity contribution in [3.05, 3.63) is 23.8 Å². The molecule has 1 aliphatic heterocycles. The quantitative estimate of drug-likeness (QED) is 0.732. The van der Waals surface area contributed by atoms with E-state index in [1.807, 2.05) is 36.9 Å². The molecule has 3 atom stereocenters. The largest absolute Gasteiger partial charge is 0.494 e. The number of aryl methyl sites for hydroxylation is 1. The smallest absolute Gasteiger partial charge is 0.235 e. The van der Waals surface area contributed by atoms with Crippen molar-refractivity contribution in [3.8, 4) is 11.4 Å². The van der Waals surface area contributed by atoms with E-state index in [4.69, 9.17) is 4.74 Å². The predicted molar refractivity (Wildman–Crippen MR) is 105 cm³/mol. The highest BCUT2D eigenvalue weighted by molar-refractivity contribution is 8.00. The zero-order valence-corrected chi connectivity index (χ0v) is 17.4. The molecule has 0 bridgehead atoms. The number of nitrogens with zero attached hydrogens (tertiary/aromatic N) is 5. The fraction of sp³-hybridized carbons (Fsp3) is 0.579. The fourth-order valence-electron chi connectivity index (χ4n) is 3.68. The molecular formula is C19H27N5O2S. The first kappa shape index (κ1) is 19.7. The van der Waals surface area contributed by atoms with Crippen molar-refractivity contribution in [1.82, 2.24) is 25.1 Å². The van der Waals surface area contributed by atoms with Crippen molar-refractivity contribution < 1.29 is 9.53 Å². The number of hydrogen-bond donors (Lipinski definition) is 0. The lowest BCUT2D eigenvalue weighted by atomic mass is 9.92. The number of benzene rings is 1. The Labute approximate surface area is 164 Å². The molecule has 2 aromatic rings. The minimum atomic E-state index is -0.261. The number of amides is 1. The second-order valence-electron chi connectivity index (χ2n) is 7.50. The van der Waals surface area contributed by atoms with Crippen LogP contribution in [0.4, 0.5) is 0 Å². The van der Waals surface area contributed by atoms with E-state index in [0.717, 1.165) is 24.3 Å². The Morgan fingerprint density at radius 2 is 2.00 bits per heavy atom. The van der Waals surface area contributed by atoms with Gasteiger partial charge in [-0.1, -0.05) is 31.7 Å². The first-order valence-electron chi connectivity index (χ1n) is 9.27. The molecular weight excluding hydrogens is 362 g/mol. The molecule has 1 aromatic carbocycles. The normalized spacial score (nSPS) is 21.1. The first-order chi connectivity index (χ1) is 12.9. The number of thioether (sulfide) groups is 1. The van der Waals surface area contributed by atoms with Crippen LogP contribution in [-0.4, -0.2) is 56.5 Å². The number of carbonyl (C=O) groups excluding carboxylic acids is 1. The van der Waals surface area contributed by atoms with Crippen molar-refractivity contribution in [2.24, 2.45) is 11.8 Å². The molecule has 0 saturated carbocycles. The summed E-state index contributed by atoms with van der Waals surface area (Å²) in [6.45, 7) is 9.99. The molecule has 1 aromatic heterocycles. The molecule has 1 saturated heterocycles. The summed E-state index contributed by atoms with van der Waals surface area (Å²) in [7, 11) is 1.62. The van der Waals surface area contributed by atoms with E-state index in [9.17, 15) is 4.79 Å². The van der Waals surface area contributed by atoms with Crippen LogP contribution < -0.4 is 4.74 Å². The van der Waals surface area contributed by atoms with Gasteiger partial charge in [-0.3, -0.25) is 4.79 Å². The van der Waals surface area contributed by atoms with Crippen molar-refractivity contribution in [2.75, 3.05) is 20.2 Å². The van der Waals surface area contributed by atoms with Crippen LogP contribution in [0.2, 0.25) is 0 Å². The summed E-state index contributed by atoms with van der Waals surface area (Å²) in [5, 5.41) is 12.4. The zero-order chi connectivity index (χ0) is 19.6. The number of aromatic nitrogens is 4. The van der Waals surface area contributed by atoms with Gasteiger partial charge < -0.3 is 9.64 Å². The van der Waals surface area contributed by atoms with Crippen molar-refractivity contribution >= 4 is 17.7 Å². The Hall–Kier alpha value is -2.09. The van der Waals surface area contributed by atoms with Crippen LogP contribution in [-0.2, 0) is 4.79 Å². The highest BCUT2D eigenvalue weighted by Gasteiger charge is 2.30. The Balaban J connectivity index is 1.78. The van der Waals surface area contributed by atoms with Crippen LogP contribution in [0.3, 0.4) is 0 Å². The lowest BCUT2D eigenvalue weighted by Gasteiger charge is -2.36. The SMILES string of the molecule is COc1ccc(C)cc1-n1nnnc1S[C@@H](C)C(=O)N1C[C@H](C)C[C@H](C)C1. The number of methoxy groups -OCH3 is 1. The highest BCUT2D eigenvalue weighted by Crippen LogP contribution is 2.30. The summed E-state index contributed by atoms with van der Waals surface area (Å²) in [6.07, 6.45) is 1.18. The molecule has 2 heterocycles. The molecule has 0 unspecified atom stereocenters. The minimum absolute atomic E-state index is 0.143. The molecule has 8 heteroatoms. The third kappa shape index (κ3) is 4.43. The van der Waals surface area contributed by atoms with Crippen LogP contribution in [0.15, 0.2) is 23.4 Å². The van der Waals surface area contributed by atoms with Gasteiger partial charge in [0.25, 0.3) is 0 Å².